The van der Waals surface area contributed by atoms with E-state index >= 15 is 0 Å². The first-order chi connectivity index (χ1) is 12.7. The van der Waals surface area contributed by atoms with Crippen molar-refractivity contribution >= 4 is 32.3 Å². The van der Waals surface area contributed by atoms with Crippen molar-refractivity contribution in [3.05, 3.63) is 96.1 Å². The van der Waals surface area contributed by atoms with Crippen LogP contribution in [0.5, 0.6) is 0 Å². The van der Waals surface area contributed by atoms with Crippen molar-refractivity contribution in [3.8, 4) is 11.1 Å². The van der Waals surface area contributed by atoms with Gasteiger partial charge in [0.2, 0.25) is 0 Å². The van der Waals surface area contributed by atoms with E-state index in [2.05, 4.69) is 98.8 Å². The fraction of sp³-hybridized carbons (Fsp3) is 0.0769. The van der Waals surface area contributed by atoms with E-state index in [0.29, 0.717) is 0 Å². The Kier molecular flexibility index (Phi) is 3.33. The van der Waals surface area contributed by atoms with Crippen molar-refractivity contribution in [2.45, 2.75) is 13.8 Å². The summed E-state index contributed by atoms with van der Waals surface area (Å²) in [5.74, 6) is 0. The molecule has 5 aromatic carbocycles. The highest BCUT2D eigenvalue weighted by Crippen LogP contribution is 2.39. The minimum absolute atomic E-state index is 1.29. The van der Waals surface area contributed by atoms with Gasteiger partial charge in [0.25, 0.3) is 0 Å². The molecule has 0 nitrogen and oxygen atoms in total. The van der Waals surface area contributed by atoms with Crippen LogP contribution in [0.2, 0.25) is 0 Å². The second-order valence-electron chi connectivity index (χ2n) is 7.16. The maximum atomic E-state index is 2.33. The molecule has 0 atom stereocenters. The Morgan fingerprint density at radius 2 is 1.04 bits per heavy atom. The Balaban J connectivity index is 1.93. The zero-order chi connectivity index (χ0) is 17.7. The Bertz CT molecular complexity index is 1230. The third-order valence-electron chi connectivity index (χ3n) is 5.49. The number of fused-ring (bicyclic) bond motifs is 3. The smallest absolute Gasteiger partial charge is 0.00264 e. The van der Waals surface area contributed by atoms with Crippen LogP contribution in [0.25, 0.3) is 43.4 Å². The van der Waals surface area contributed by atoms with Gasteiger partial charge in [-0.05, 0) is 68.9 Å². The van der Waals surface area contributed by atoms with Crippen LogP contribution in [-0.2, 0) is 0 Å². The van der Waals surface area contributed by atoms with Crippen LogP contribution in [0.1, 0.15) is 11.1 Å². The molecule has 124 valence electrons. The topological polar surface area (TPSA) is 0 Å². The number of aryl methyl sites for hydroxylation is 2. The van der Waals surface area contributed by atoms with Gasteiger partial charge < -0.3 is 0 Å². The van der Waals surface area contributed by atoms with Gasteiger partial charge in [-0.2, -0.15) is 0 Å². The zero-order valence-corrected chi connectivity index (χ0v) is 15.1. The summed E-state index contributed by atoms with van der Waals surface area (Å²) >= 11 is 0. The van der Waals surface area contributed by atoms with Crippen LogP contribution in [0.4, 0.5) is 0 Å². The molecule has 0 aliphatic rings. The summed E-state index contributed by atoms with van der Waals surface area (Å²) in [6.07, 6.45) is 0. The number of hydrogen-bond acceptors (Lipinski definition) is 0. The van der Waals surface area contributed by atoms with E-state index < -0.39 is 0 Å². The van der Waals surface area contributed by atoms with E-state index in [1.165, 1.54) is 54.6 Å². The van der Waals surface area contributed by atoms with E-state index in [4.69, 9.17) is 0 Å². The quantitative estimate of drug-likeness (QED) is 0.280. The summed E-state index contributed by atoms with van der Waals surface area (Å²) in [5.41, 5.74) is 5.28. The van der Waals surface area contributed by atoms with Crippen LogP contribution in [-0.4, -0.2) is 0 Å². The Morgan fingerprint density at radius 1 is 0.500 bits per heavy atom. The normalized spacial score (nSPS) is 11.5. The summed E-state index contributed by atoms with van der Waals surface area (Å²) in [5, 5.41) is 7.93. The molecule has 0 heterocycles. The van der Waals surface area contributed by atoms with Gasteiger partial charge in [-0.1, -0.05) is 84.4 Å². The number of hydrogen-bond donors (Lipinski definition) is 0. The summed E-state index contributed by atoms with van der Waals surface area (Å²) in [7, 11) is 0. The van der Waals surface area contributed by atoms with E-state index in [1.807, 2.05) is 0 Å². The molecule has 0 amide bonds. The second kappa shape index (κ2) is 5.71. The molecular weight excluding hydrogens is 312 g/mol. The molecule has 0 aromatic heterocycles. The molecule has 0 bridgehead atoms. The molecule has 0 saturated heterocycles. The summed E-state index contributed by atoms with van der Waals surface area (Å²) in [4.78, 5) is 0. The van der Waals surface area contributed by atoms with Crippen LogP contribution in [0.15, 0.2) is 84.9 Å². The third kappa shape index (κ3) is 2.23. The minimum atomic E-state index is 1.29. The van der Waals surface area contributed by atoms with Gasteiger partial charge in [0.05, 0.1) is 0 Å². The lowest BCUT2D eigenvalue weighted by atomic mass is 9.88. The number of rotatable bonds is 1. The molecular formula is C26H20. The van der Waals surface area contributed by atoms with Crippen molar-refractivity contribution < 1.29 is 0 Å². The minimum Gasteiger partial charge on any atom is -0.0616 e. The van der Waals surface area contributed by atoms with Gasteiger partial charge in [-0.15, -0.1) is 0 Å². The molecule has 0 saturated carbocycles. The van der Waals surface area contributed by atoms with E-state index in [1.54, 1.807) is 0 Å². The summed E-state index contributed by atoms with van der Waals surface area (Å²) < 4.78 is 0. The molecule has 0 N–H and O–H groups in total. The van der Waals surface area contributed by atoms with Crippen molar-refractivity contribution in [3.63, 3.8) is 0 Å². The predicted octanol–water partition coefficient (Wildman–Crippen LogP) is 7.43. The van der Waals surface area contributed by atoms with Gasteiger partial charge in [0, 0.05) is 0 Å². The summed E-state index contributed by atoms with van der Waals surface area (Å²) in [6, 6.07) is 31.1. The van der Waals surface area contributed by atoms with Crippen LogP contribution in [0, 0.1) is 13.8 Å². The second-order valence-corrected chi connectivity index (χ2v) is 7.16. The Labute approximate surface area is 153 Å². The lowest BCUT2D eigenvalue weighted by Crippen LogP contribution is -1.89. The van der Waals surface area contributed by atoms with Crippen molar-refractivity contribution in [1.82, 2.24) is 0 Å². The maximum Gasteiger partial charge on any atom is -0.00264 e. The Hall–Kier alpha value is -3.12. The molecule has 0 unspecified atom stereocenters. The molecule has 0 fully saturated rings. The van der Waals surface area contributed by atoms with Crippen molar-refractivity contribution in [2.75, 3.05) is 0 Å². The Morgan fingerprint density at radius 3 is 1.69 bits per heavy atom. The van der Waals surface area contributed by atoms with Gasteiger partial charge in [-0.3, -0.25) is 0 Å². The first-order valence-corrected chi connectivity index (χ1v) is 9.13. The lowest BCUT2D eigenvalue weighted by molar-refractivity contribution is 1.51. The molecule has 0 aliphatic heterocycles. The average molecular weight is 332 g/mol. The van der Waals surface area contributed by atoms with Gasteiger partial charge in [0.15, 0.2) is 0 Å². The van der Waals surface area contributed by atoms with Gasteiger partial charge in [-0.25, -0.2) is 0 Å². The average Bonchev–Trinajstić information content (AvgIpc) is 2.68. The standard InChI is InChI=1S/C26H20/c1-17-11-12-20-16-21(14-13-19(20)15-17)26-24-9-5-3-7-22(24)18(2)23-8-4-6-10-25(23)26/h3-16H,1-2H3. The number of benzene rings is 5. The van der Waals surface area contributed by atoms with E-state index in [9.17, 15) is 0 Å². The fourth-order valence-corrected chi connectivity index (χ4v) is 4.18. The van der Waals surface area contributed by atoms with E-state index in [-0.39, 0.29) is 0 Å². The molecule has 0 radical (unpaired) electrons. The highest BCUT2D eigenvalue weighted by Gasteiger charge is 2.13. The van der Waals surface area contributed by atoms with Crippen LogP contribution >= 0.6 is 0 Å². The monoisotopic (exact) mass is 332 g/mol. The first-order valence-electron chi connectivity index (χ1n) is 9.13. The van der Waals surface area contributed by atoms with Crippen LogP contribution < -0.4 is 0 Å². The third-order valence-corrected chi connectivity index (χ3v) is 5.49. The van der Waals surface area contributed by atoms with Gasteiger partial charge >= 0.3 is 0 Å². The fourth-order valence-electron chi connectivity index (χ4n) is 4.18. The lowest BCUT2D eigenvalue weighted by Gasteiger charge is -2.15. The van der Waals surface area contributed by atoms with Crippen LogP contribution in [0.3, 0.4) is 0 Å². The molecule has 5 rings (SSSR count). The first kappa shape index (κ1) is 15.2. The van der Waals surface area contributed by atoms with Crippen molar-refractivity contribution in [1.29, 1.82) is 0 Å². The molecule has 0 aliphatic carbocycles. The highest BCUT2D eigenvalue weighted by atomic mass is 14.2. The molecule has 26 heavy (non-hydrogen) atoms. The maximum absolute atomic E-state index is 2.33. The molecule has 5 aromatic rings. The highest BCUT2D eigenvalue weighted by molar-refractivity contribution is 6.15. The molecule has 0 heteroatoms. The van der Waals surface area contributed by atoms with E-state index in [0.717, 1.165) is 0 Å². The SMILES string of the molecule is Cc1ccc2cc(-c3c4ccccc4c(C)c4ccccc34)ccc2c1. The summed E-state index contributed by atoms with van der Waals surface area (Å²) in [6.45, 7) is 4.38. The molecule has 0 spiro atoms. The largest absolute Gasteiger partial charge is 0.0616 e. The van der Waals surface area contributed by atoms with Gasteiger partial charge in [0.1, 0.15) is 0 Å². The zero-order valence-electron chi connectivity index (χ0n) is 15.1. The van der Waals surface area contributed by atoms with Crippen molar-refractivity contribution in [2.24, 2.45) is 0 Å². The predicted molar refractivity (Wildman–Crippen MR) is 114 cm³/mol.